The van der Waals surface area contributed by atoms with E-state index in [2.05, 4.69) is 4.98 Å². The molecule has 2 heterocycles. The van der Waals surface area contributed by atoms with E-state index < -0.39 is 41.6 Å². The van der Waals surface area contributed by atoms with Crippen LogP contribution in [0.2, 0.25) is 5.02 Å². The molecule has 2 fully saturated rings. The summed E-state index contributed by atoms with van der Waals surface area (Å²) in [6.45, 7) is 1.39. The Labute approximate surface area is 191 Å². The predicted molar refractivity (Wildman–Crippen MR) is 112 cm³/mol. The summed E-state index contributed by atoms with van der Waals surface area (Å²) in [6, 6.07) is 2.12. The summed E-state index contributed by atoms with van der Waals surface area (Å²) in [7, 11) is 1.27. The zero-order valence-corrected chi connectivity index (χ0v) is 18.5. The molecule has 11 heteroatoms. The Hall–Kier alpha value is -2.46. The summed E-state index contributed by atoms with van der Waals surface area (Å²) in [5.74, 6) is -3.59. The highest BCUT2D eigenvalue weighted by molar-refractivity contribution is 6.31. The van der Waals surface area contributed by atoms with Crippen LogP contribution in [0.5, 0.6) is 0 Å². The van der Waals surface area contributed by atoms with Crippen LogP contribution in [0.1, 0.15) is 30.5 Å². The zero-order chi connectivity index (χ0) is 24.2. The van der Waals surface area contributed by atoms with Crippen LogP contribution >= 0.6 is 11.6 Å². The maximum atomic E-state index is 14.4. The van der Waals surface area contributed by atoms with Crippen LogP contribution in [-0.2, 0) is 11.0 Å². The second-order valence-electron chi connectivity index (χ2n) is 8.49. The number of halogens is 6. The molecule has 2 aliphatic rings. The van der Waals surface area contributed by atoms with Crippen molar-refractivity contribution in [1.29, 1.82) is 0 Å². The number of aryl methyl sites for hydroxylation is 1. The van der Waals surface area contributed by atoms with Gasteiger partial charge in [-0.25, -0.2) is 13.8 Å². The van der Waals surface area contributed by atoms with Crippen molar-refractivity contribution in [3.8, 4) is 0 Å². The molecule has 5 nitrogen and oxygen atoms in total. The fraction of sp³-hybridized carbons (Fsp3) is 0.455. The van der Waals surface area contributed by atoms with Crippen molar-refractivity contribution in [2.24, 2.45) is 11.8 Å². The van der Waals surface area contributed by atoms with E-state index in [1.807, 2.05) is 0 Å². The predicted octanol–water partition coefficient (Wildman–Crippen LogP) is 4.93. The summed E-state index contributed by atoms with van der Waals surface area (Å²) >= 11 is 5.76. The summed E-state index contributed by atoms with van der Waals surface area (Å²) in [4.78, 5) is 19.9. The molecule has 1 saturated carbocycles. The van der Waals surface area contributed by atoms with Crippen molar-refractivity contribution in [3.63, 3.8) is 0 Å². The van der Waals surface area contributed by atoms with Gasteiger partial charge in [-0.05, 0) is 43.9 Å². The number of nitrogens with zero attached hydrogens (tertiary/aromatic N) is 3. The molecule has 4 atom stereocenters. The maximum Gasteiger partial charge on any atom is 0.416 e. The number of aliphatic hydroxyl groups excluding tert-OH is 1. The van der Waals surface area contributed by atoms with Crippen molar-refractivity contribution in [3.05, 3.63) is 52.2 Å². The molecule has 1 saturated heterocycles. The highest BCUT2D eigenvalue weighted by atomic mass is 35.5. The highest BCUT2D eigenvalue weighted by Gasteiger charge is 2.54. The maximum absolute atomic E-state index is 14.4. The number of hydrogen-bond donors (Lipinski definition) is 1. The molecule has 1 unspecified atom stereocenters. The van der Waals surface area contributed by atoms with E-state index in [-0.39, 0.29) is 34.1 Å². The number of alkyl halides is 3. The van der Waals surface area contributed by atoms with Crippen LogP contribution in [-0.4, -0.2) is 35.3 Å². The number of benzene rings is 1. The molecule has 0 spiro atoms. The fourth-order valence-electron chi connectivity index (χ4n) is 4.97. The Bertz CT molecular complexity index is 1100. The van der Waals surface area contributed by atoms with Gasteiger partial charge in [0.05, 0.1) is 16.3 Å². The van der Waals surface area contributed by atoms with Crippen molar-refractivity contribution < 1.29 is 31.9 Å². The number of hydrogen-bond acceptors (Lipinski definition) is 4. The molecule has 1 N–H and O–H groups in total. The first-order valence-corrected chi connectivity index (χ1v) is 10.7. The largest absolute Gasteiger partial charge is 0.416 e. The third kappa shape index (κ3) is 4.14. The number of fused-ring (bicyclic) bond motifs is 1. The van der Waals surface area contributed by atoms with E-state index in [0.29, 0.717) is 18.9 Å². The van der Waals surface area contributed by atoms with Crippen molar-refractivity contribution in [1.82, 2.24) is 4.98 Å². The summed E-state index contributed by atoms with van der Waals surface area (Å²) in [5.41, 5.74) is -1.17. The minimum atomic E-state index is -4.65. The molecule has 1 amide bonds. The minimum Gasteiger partial charge on any atom is -0.373 e. The lowest BCUT2D eigenvalue weighted by atomic mass is 9.92. The lowest BCUT2D eigenvalue weighted by molar-refractivity contribution is -0.137. The SMILES string of the molecule is Cc1cc(C(F)(F)F)cc(N2C(O)[C@@H]3CCC[C@@H]3[C@H]2C(=O)N(C)c2cc(Cl)c(F)cc2F)n1. The van der Waals surface area contributed by atoms with Gasteiger partial charge >= 0.3 is 6.18 Å². The number of amides is 1. The second kappa shape index (κ2) is 8.39. The van der Waals surface area contributed by atoms with Gasteiger partial charge in [0, 0.05) is 24.7 Å². The molecule has 1 aliphatic carbocycles. The monoisotopic (exact) mass is 489 g/mol. The Morgan fingerprint density at radius 2 is 1.82 bits per heavy atom. The quantitative estimate of drug-likeness (QED) is 0.491. The lowest BCUT2D eigenvalue weighted by Gasteiger charge is -2.33. The normalized spacial score (nSPS) is 24.8. The van der Waals surface area contributed by atoms with E-state index >= 15 is 0 Å². The molecule has 0 bridgehead atoms. The number of carbonyl (C=O) groups excluding carboxylic acids is 1. The summed E-state index contributed by atoms with van der Waals surface area (Å²) in [5, 5.41) is 10.6. The van der Waals surface area contributed by atoms with Gasteiger partial charge in [-0.1, -0.05) is 18.0 Å². The number of anilines is 2. The van der Waals surface area contributed by atoms with E-state index in [0.717, 1.165) is 29.5 Å². The molecule has 1 aromatic carbocycles. The molecular formula is C22H21ClF5N3O2. The average molecular weight is 490 g/mol. The van der Waals surface area contributed by atoms with Crippen molar-refractivity contribution in [2.45, 2.75) is 44.6 Å². The summed E-state index contributed by atoms with van der Waals surface area (Å²) < 4.78 is 68.3. The number of likely N-dealkylation sites (N-methyl/N-ethyl adjacent to an activating group) is 1. The first-order valence-electron chi connectivity index (χ1n) is 10.3. The number of aliphatic hydroxyl groups is 1. The highest BCUT2D eigenvalue weighted by Crippen LogP contribution is 2.48. The average Bonchev–Trinajstić information content (AvgIpc) is 3.30. The summed E-state index contributed by atoms with van der Waals surface area (Å²) in [6.07, 6.45) is -4.00. The van der Waals surface area contributed by atoms with Crippen LogP contribution in [0, 0.1) is 30.4 Å². The van der Waals surface area contributed by atoms with Crippen LogP contribution in [0.25, 0.3) is 0 Å². The molecule has 178 valence electrons. The topological polar surface area (TPSA) is 56.7 Å². The number of pyridine rings is 1. The first-order chi connectivity index (χ1) is 15.4. The molecular weight excluding hydrogens is 469 g/mol. The van der Waals surface area contributed by atoms with Gasteiger partial charge < -0.3 is 14.9 Å². The first kappa shape index (κ1) is 23.7. The lowest BCUT2D eigenvalue weighted by Crippen LogP contribution is -2.50. The number of aromatic nitrogens is 1. The third-order valence-electron chi connectivity index (χ3n) is 6.46. The minimum absolute atomic E-state index is 0.0694. The standard InChI is InChI=1S/C22H21ClF5N3O2/c1-10-6-11(22(26,27)28)7-18(29-10)31-19(12-4-3-5-13(12)20(31)32)21(33)30(2)17-8-14(23)15(24)9-16(17)25/h6-9,12-13,19-20,32H,3-5H2,1-2H3/t12-,13+,19-,20?/m0/s1. The molecule has 1 aliphatic heterocycles. The van der Waals surface area contributed by atoms with E-state index in [1.54, 1.807) is 0 Å². The molecule has 0 radical (unpaired) electrons. The smallest absolute Gasteiger partial charge is 0.373 e. The van der Waals surface area contributed by atoms with Crippen LogP contribution in [0.15, 0.2) is 24.3 Å². The van der Waals surface area contributed by atoms with Crippen LogP contribution in [0.4, 0.5) is 33.5 Å². The van der Waals surface area contributed by atoms with Gasteiger partial charge in [-0.15, -0.1) is 0 Å². The molecule has 33 heavy (non-hydrogen) atoms. The molecule has 2 aromatic rings. The number of carbonyl (C=O) groups is 1. The Morgan fingerprint density at radius 1 is 1.15 bits per heavy atom. The van der Waals surface area contributed by atoms with Crippen LogP contribution < -0.4 is 9.80 Å². The van der Waals surface area contributed by atoms with Crippen molar-refractivity contribution in [2.75, 3.05) is 16.8 Å². The zero-order valence-electron chi connectivity index (χ0n) is 17.7. The molecule has 1 aromatic heterocycles. The van der Waals surface area contributed by atoms with Gasteiger partial charge in [0.25, 0.3) is 0 Å². The van der Waals surface area contributed by atoms with Gasteiger partial charge in [-0.3, -0.25) is 4.79 Å². The van der Waals surface area contributed by atoms with Gasteiger partial charge in [0.2, 0.25) is 5.91 Å². The number of rotatable bonds is 3. The third-order valence-corrected chi connectivity index (χ3v) is 6.75. The Morgan fingerprint density at radius 3 is 2.48 bits per heavy atom. The van der Waals surface area contributed by atoms with E-state index in [9.17, 15) is 31.9 Å². The van der Waals surface area contributed by atoms with E-state index in [1.165, 1.54) is 18.9 Å². The van der Waals surface area contributed by atoms with Crippen molar-refractivity contribution >= 4 is 29.0 Å². The van der Waals surface area contributed by atoms with E-state index in [4.69, 9.17) is 11.6 Å². The van der Waals surface area contributed by atoms with Gasteiger partial charge in [0.1, 0.15) is 29.7 Å². The fourth-order valence-corrected chi connectivity index (χ4v) is 5.13. The van der Waals surface area contributed by atoms with Gasteiger partial charge in [-0.2, -0.15) is 13.2 Å². The molecule has 4 rings (SSSR count). The van der Waals surface area contributed by atoms with Gasteiger partial charge in [0.15, 0.2) is 0 Å². The van der Waals surface area contributed by atoms with Crippen LogP contribution in [0.3, 0.4) is 0 Å². The Balaban J connectivity index is 1.78. The second-order valence-corrected chi connectivity index (χ2v) is 8.90. The Kier molecular flexibility index (Phi) is 6.03.